The molecule has 0 radical (unpaired) electrons. The standard InChI is InChI=1S/C14H25N3O/c1-16(2)9-10-17-12(11-5-3-4-6-11)15-14(7-8-14)13(17)18/h11-12,15H,3-10H2,1-2H3. The van der Waals surface area contributed by atoms with Gasteiger partial charge in [0.15, 0.2) is 0 Å². The number of likely N-dealkylation sites (N-methyl/N-ethyl adjacent to an activating group) is 1. The Kier molecular flexibility index (Phi) is 3.10. The minimum atomic E-state index is -0.139. The molecule has 1 unspecified atom stereocenters. The molecule has 1 spiro atoms. The molecule has 3 rings (SSSR count). The van der Waals surface area contributed by atoms with Crippen molar-refractivity contribution in [3.05, 3.63) is 0 Å². The van der Waals surface area contributed by atoms with Crippen molar-refractivity contribution in [1.29, 1.82) is 0 Å². The van der Waals surface area contributed by atoms with Crippen LogP contribution in [0, 0.1) is 5.92 Å². The predicted octanol–water partition coefficient (Wildman–Crippen LogP) is 1.03. The highest BCUT2D eigenvalue weighted by atomic mass is 16.2. The molecule has 1 N–H and O–H groups in total. The van der Waals surface area contributed by atoms with Crippen LogP contribution in [-0.2, 0) is 4.79 Å². The lowest BCUT2D eigenvalue weighted by Gasteiger charge is -2.29. The average molecular weight is 251 g/mol. The summed E-state index contributed by atoms with van der Waals surface area (Å²) >= 11 is 0. The van der Waals surface area contributed by atoms with E-state index in [9.17, 15) is 4.79 Å². The molecule has 1 saturated heterocycles. The Morgan fingerprint density at radius 2 is 2.00 bits per heavy atom. The summed E-state index contributed by atoms with van der Waals surface area (Å²) in [6.07, 6.45) is 7.68. The van der Waals surface area contributed by atoms with Gasteiger partial charge in [-0.3, -0.25) is 10.1 Å². The van der Waals surface area contributed by atoms with Gasteiger partial charge in [0.05, 0.1) is 11.7 Å². The third kappa shape index (κ3) is 2.05. The van der Waals surface area contributed by atoms with Crippen molar-refractivity contribution in [2.45, 2.75) is 50.2 Å². The third-order valence-corrected chi connectivity index (χ3v) is 4.81. The van der Waals surface area contributed by atoms with Gasteiger partial charge in [-0.25, -0.2) is 0 Å². The Balaban J connectivity index is 1.71. The Bertz CT molecular complexity index is 332. The smallest absolute Gasteiger partial charge is 0.244 e. The monoisotopic (exact) mass is 251 g/mol. The zero-order chi connectivity index (χ0) is 12.8. The fraction of sp³-hybridized carbons (Fsp3) is 0.929. The van der Waals surface area contributed by atoms with E-state index in [1.807, 2.05) is 0 Å². The highest BCUT2D eigenvalue weighted by Gasteiger charge is 2.60. The molecule has 0 bridgehead atoms. The Morgan fingerprint density at radius 3 is 2.56 bits per heavy atom. The molecule has 102 valence electrons. The lowest BCUT2D eigenvalue weighted by molar-refractivity contribution is -0.131. The maximum atomic E-state index is 12.5. The van der Waals surface area contributed by atoms with Crippen LogP contribution in [-0.4, -0.2) is 54.6 Å². The van der Waals surface area contributed by atoms with Gasteiger partial charge in [0, 0.05) is 13.1 Å². The van der Waals surface area contributed by atoms with E-state index in [4.69, 9.17) is 0 Å². The van der Waals surface area contributed by atoms with E-state index in [1.165, 1.54) is 25.7 Å². The van der Waals surface area contributed by atoms with Crippen LogP contribution in [0.15, 0.2) is 0 Å². The highest BCUT2D eigenvalue weighted by molar-refractivity contribution is 5.91. The number of hydrogen-bond donors (Lipinski definition) is 1. The Hall–Kier alpha value is -0.610. The molecule has 1 aliphatic heterocycles. The van der Waals surface area contributed by atoms with E-state index < -0.39 is 0 Å². The van der Waals surface area contributed by atoms with Crippen molar-refractivity contribution in [1.82, 2.24) is 15.1 Å². The third-order valence-electron chi connectivity index (χ3n) is 4.81. The van der Waals surface area contributed by atoms with Crippen molar-refractivity contribution in [3.8, 4) is 0 Å². The lowest BCUT2D eigenvalue weighted by atomic mass is 10.0. The van der Waals surface area contributed by atoms with Crippen LogP contribution in [0.3, 0.4) is 0 Å². The van der Waals surface area contributed by atoms with E-state index in [2.05, 4.69) is 29.2 Å². The highest BCUT2D eigenvalue weighted by Crippen LogP contribution is 2.45. The number of amides is 1. The van der Waals surface area contributed by atoms with Gasteiger partial charge in [-0.2, -0.15) is 0 Å². The summed E-state index contributed by atoms with van der Waals surface area (Å²) < 4.78 is 0. The molecule has 1 heterocycles. The first-order valence-corrected chi connectivity index (χ1v) is 7.36. The first-order valence-electron chi connectivity index (χ1n) is 7.36. The summed E-state index contributed by atoms with van der Waals surface area (Å²) in [5.41, 5.74) is -0.139. The number of nitrogens with zero attached hydrogens (tertiary/aromatic N) is 2. The fourth-order valence-corrected chi connectivity index (χ4v) is 3.50. The van der Waals surface area contributed by atoms with Crippen LogP contribution in [0.5, 0.6) is 0 Å². The van der Waals surface area contributed by atoms with E-state index in [1.54, 1.807) is 0 Å². The van der Waals surface area contributed by atoms with E-state index in [0.29, 0.717) is 18.0 Å². The SMILES string of the molecule is CN(C)CCN1C(=O)C2(CC2)NC1C1CCCC1. The van der Waals surface area contributed by atoms with Crippen LogP contribution in [0.2, 0.25) is 0 Å². The summed E-state index contributed by atoms with van der Waals surface area (Å²) in [6.45, 7) is 1.84. The van der Waals surface area contributed by atoms with Crippen LogP contribution in [0.25, 0.3) is 0 Å². The molecule has 3 aliphatic rings. The number of nitrogens with one attached hydrogen (secondary N) is 1. The Labute approximate surface area is 110 Å². The van der Waals surface area contributed by atoms with Gasteiger partial charge in [0.1, 0.15) is 0 Å². The van der Waals surface area contributed by atoms with Crippen molar-refractivity contribution < 1.29 is 4.79 Å². The topological polar surface area (TPSA) is 35.6 Å². The summed E-state index contributed by atoms with van der Waals surface area (Å²) in [4.78, 5) is 16.8. The first-order chi connectivity index (χ1) is 8.62. The molecule has 0 aromatic rings. The predicted molar refractivity (Wildman–Crippen MR) is 71.1 cm³/mol. The van der Waals surface area contributed by atoms with Crippen LogP contribution in [0.4, 0.5) is 0 Å². The first kappa shape index (κ1) is 12.4. The average Bonchev–Trinajstić information content (AvgIpc) is 2.82. The number of carbonyl (C=O) groups is 1. The molecule has 4 nitrogen and oxygen atoms in total. The Morgan fingerprint density at radius 1 is 1.33 bits per heavy atom. The van der Waals surface area contributed by atoms with Crippen molar-refractivity contribution in [2.75, 3.05) is 27.2 Å². The summed E-state index contributed by atoms with van der Waals surface area (Å²) in [6, 6.07) is 0. The second-order valence-corrected chi connectivity index (χ2v) is 6.52. The van der Waals surface area contributed by atoms with Crippen LogP contribution < -0.4 is 5.32 Å². The molecule has 1 atom stereocenters. The van der Waals surface area contributed by atoms with E-state index in [-0.39, 0.29) is 5.54 Å². The van der Waals surface area contributed by atoms with Gasteiger partial charge in [0.2, 0.25) is 5.91 Å². The molecule has 2 aliphatic carbocycles. The fourth-order valence-electron chi connectivity index (χ4n) is 3.50. The molecule has 4 heteroatoms. The summed E-state index contributed by atoms with van der Waals surface area (Å²) in [7, 11) is 4.15. The van der Waals surface area contributed by atoms with E-state index in [0.717, 1.165) is 25.9 Å². The summed E-state index contributed by atoms with van der Waals surface area (Å²) in [5.74, 6) is 1.07. The molecule has 0 aromatic heterocycles. The number of hydrogen-bond acceptors (Lipinski definition) is 3. The minimum Gasteiger partial charge on any atom is -0.324 e. The summed E-state index contributed by atoms with van der Waals surface area (Å²) in [5, 5.41) is 3.66. The van der Waals surface area contributed by atoms with E-state index >= 15 is 0 Å². The van der Waals surface area contributed by atoms with Crippen LogP contribution in [0.1, 0.15) is 38.5 Å². The maximum absolute atomic E-state index is 12.5. The second kappa shape index (κ2) is 4.49. The van der Waals surface area contributed by atoms with Gasteiger partial charge in [-0.05, 0) is 45.7 Å². The van der Waals surface area contributed by atoms with Gasteiger partial charge >= 0.3 is 0 Å². The molecule has 0 aromatic carbocycles. The molecule has 2 saturated carbocycles. The molecule has 3 fully saturated rings. The maximum Gasteiger partial charge on any atom is 0.244 e. The normalized spacial score (nSPS) is 30.9. The van der Waals surface area contributed by atoms with Gasteiger partial charge < -0.3 is 9.80 Å². The number of carbonyl (C=O) groups excluding carboxylic acids is 1. The zero-order valence-corrected chi connectivity index (χ0v) is 11.6. The van der Waals surface area contributed by atoms with Gasteiger partial charge in [0.25, 0.3) is 0 Å². The van der Waals surface area contributed by atoms with Gasteiger partial charge in [-0.1, -0.05) is 12.8 Å². The second-order valence-electron chi connectivity index (χ2n) is 6.52. The minimum absolute atomic E-state index is 0.139. The molecular weight excluding hydrogens is 226 g/mol. The molecule has 1 amide bonds. The number of rotatable bonds is 4. The van der Waals surface area contributed by atoms with Crippen molar-refractivity contribution >= 4 is 5.91 Å². The molecule has 18 heavy (non-hydrogen) atoms. The zero-order valence-electron chi connectivity index (χ0n) is 11.6. The largest absolute Gasteiger partial charge is 0.324 e. The molecular formula is C14H25N3O. The van der Waals surface area contributed by atoms with Crippen LogP contribution >= 0.6 is 0 Å². The van der Waals surface area contributed by atoms with Gasteiger partial charge in [-0.15, -0.1) is 0 Å². The van der Waals surface area contributed by atoms with Crippen molar-refractivity contribution in [2.24, 2.45) is 5.92 Å². The lowest BCUT2D eigenvalue weighted by Crippen LogP contribution is -2.45. The van der Waals surface area contributed by atoms with Crippen molar-refractivity contribution in [3.63, 3.8) is 0 Å². The quantitative estimate of drug-likeness (QED) is 0.810.